The van der Waals surface area contributed by atoms with E-state index in [1.807, 2.05) is 17.0 Å². The van der Waals surface area contributed by atoms with E-state index >= 15 is 0 Å². The Labute approximate surface area is 178 Å². The number of nitrogens with one attached hydrogen (secondary N) is 1. The van der Waals surface area contributed by atoms with Crippen LogP contribution in [0.1, 0.15) is 45.4 Å². The van der Waals surface area contributed by atoms with Crippen LogP contribution < -0.4 is 5.32 Å². The van der Waals surface area contributed by atoms with E-state index in [2.05, 4.69) is 5.32 Å². The van der Waals surface area contributed by atoms with Gasteiger partial charge in [-0.15, -0.1) is 0 Å². The summed E-state index contributed by atoms with van der Waals surface area (Å²) in [6.45, 7) is 0.681. The molecule has 4 rings (SSSR count). The lowest BCUT2D eigenvalue weighted by Gasteiger charge is -2.25. The van der Waals surface area contributed by atoms with Gasteiger partial charge in [0.2, 0.25) is 0 Å². The second-order valence-corrected chi connectivity index (χ2v) is 7.65. The number of amides is 2. The molecule has 5 nitrogen and oxygen atoms in total. The molecule has 148 valence electrons. The fourth-order valence-corrected chi connectivity index (χ4v) is 3.84. The van der Waals surface area contributed by atoms with Crippen LogP contribution in [0.4, 0.5) is 5.69 Å². The molecule has 7 heteroatoms. The number of nitrogens with zero attached hydrogens (tertiary/aromatic N) is 1. The highest BCUT2D eigenvalue weighted by Crippen LogP contribution is 2.36. The number of halogens is 2. The summed E-state index contributed by atoms with van der Waals surface area (Å²) >= 11 is 12.2. The van der Waals surface area contributed by atoms with Crippen molar-refractivity contribution in [3.8, 4) is 0 Å². The van der Waals surface area contributed by atoms with Crippen molar-refractivity contribution in [2.24, 2.45) is 0 Å². The molecule has 2 aromatic carbocycles. The van der Waals surface area contributed by atoms with Crippen LogP contribution in [0.15, 0.2) is 65.3 Å². The molecule has 0 spiro atoms. The standard InChI is InChI=1S/C22H18Cl2N2O3/c23-17-10-7-15(13-18(17)24)19-3-1-11-26(19)22(28)14-5-8-16(9-6-14)25-21(27)20-4-2-12-29-20/h2,4-10,12-13,19H,1,3,11H2,(H,25,27). The second-order valence-electron chi connectivity index (χ2n) is 6.84. The lowest BCUT2D eigenvalue weighted by atomic mass is 10.0. The minimum atomic E-state index is -0.340. The smallest absolute Gasteiger partial charge is 0.291 e. The number of rotatable bonds is 4. The van der Waals surface area contributed by atoms with Crippen LogP contribution in [0.3, 0.4) is 0 Å². The Morgan fingerprint density at radius 1 is 1.03 bits per heavy atom. The molecule has 1 aliphatic rings. The number of benzene rings is 2. The molecule has 2 heterocycles. The van der Waals surface area contributed by atoms with Gasteiger partial charge in [0.1, 0.15) is 0 Å². The van der Waals surface area contributed by atoms with Gasteiger partial charge in [-0.25, -0.2) is 0 Å². The molecule has 3 aromatic rings. The zero-order chi connectivity index (χ0) is 20.4. The Balaban J connectivity index is 1.48. The van der Waals surface area contributed by atoms with E-state index in [9.17, 15) is 9.59 Å². The van der Waals surface area contributed by atoms with Crippen molar-refractivity contribution < 1.29 is 14.0 Å². The molecule has 1 aliphatic heterocycles. The summed E-state index contributed by atoms with van der Waals surface area (Å²) in [5.74, 6) is -0.164. The van der Waals surface area contributed by atoms with Gasteiger partial charge >= 0.3 is 0 Å². The van der Waals surface area contributed by atoms with E-state index in [-0.39, 0.29) is 23.6 Å². The Hall–Kier alpha value is -2.76. The lowest BCUT2D eigenvalue weighted by Crippen LogP contribution is -2.30. The third-order valence-corrected chi connectivity index (χ3v) is 5.72. The average molecular weight is 429 g/mol. The first-order valence-corrected chi connectivity index (χ1v) is 9.99. The maximum Gasteiger partial charge on any atom is 0.291 e. The van der Waals surface area contributed by atoms with E-state index in [0.717, 1.165) is 18.4 Å². The lowest BCUT2D eigenvalue weighted by molar-refractivity contribution is 0.0735. The summed E-state index contributed by atoms with van der Waals surface area (Å²) in [5.41, 5.74) is 2.13. The van der Waals surface area contributed by atoms with Gasteiger partial charge in [-0.05, 0) is 66.9 Å². The minimum Gasteiger partial charge on any atom is -0.459 e. The number of likely N-dealkylation sites (tertiary alicyclic amines) is 1. The number of carbonyl (C=O) groups is 2. The van der Waals surface area contributed by atoms with Crippen molar-refractivity contribution in [2.45, 2.75) is 18.9 Å². The SMILES string of the molecule is O=C(Nc1ccc(C(=O)N2CCCC2c2ccc(Cl)c(Cl)c2)cc1)c1ccco1. The Morgan fingerprint density at radius 2 is 1.83 bits per heavy atom. The molecule has 29 heavy (non-hydrogen) atoms. The Bertz CT molecular complexity index is 1030. The fourth-order valence-electron chi connectivity index (χ4n) is 3.54. The minimum absolute atomic E-state index is 0.0319. The number of carbonyl (C=O) groups excluding carboxylic acids is 2. The number of furan rings is 1. The van der Waals surface area contributed by atoms with Gasteiger partial charge in [0.25, 0.3) is 11.8 Å². The van der Waals surface area contributed by atoms with Crippen LogP contribution in [0.5, 0.6) is 0 Å². The van der Waals surface area contributed by atoms with Gasteiger partial charge in [0.05, 0.1) is 22.4 Å². The molecule has 2 amide bonds. The molecule has 1 atom stereocenters. The molecular formula is C22H18Cl2N2O3. The van der Waals surface area contributed by atoms with Crippen molar-refractivity contribution >= 4 is 40.7 Å². The summed E-state index contributed by atoms with van der Waals surface area (Å²) in [4.78, 5) is 27.0. The summed E-state index contributed by atoms with van der Waals surface area (Å²) in [7, 11) is 0. The van der Waals surface area contributed by atoms with Crippen molar-refractivity contribution in [3.63, 3.8) is 0 Å². The molecule has 0 aliphatic carbocycles. The molecule has 1 fully saturated rings. The van der Waals surface area contributed by atoms with Crippen LogP contribution in [0.2, 0.25) is 10.0 Å². The Kier molecular flexibility index (Phi) is 5.60. The Morgan fingerprint density at radius 3 is 2.52 bits per heavy atom. The predicted molar refractivity (Wildman–Crippen MR) is 113 cm³/mol. The zero-order valence-electron chi connectivity index (χ0n) is 15.4. The molecule has 1 aromatic heterocycles. The number of hydrogen-bond donors (Lipinski definition) is 1. The third kappa shape index (κ3) is 4.16. The maximum atomic E-state index is 13.1. The van der Waals surface area contributed by atoms with E-state index in [0.29, 0.717) is 27.8 Å². The van der Waals surface area contributed by atoms with Crippen LogP contribution in [-0.4, -0.2) is 23.3 Å². The maximum absolute atomic E-state index is 13.1. The van der Waals surface area contributed by atoms with Gasteiger partial charge in [-0.1, -0.05) is 29.3 Å². The van der Waals surface area contributed by atoms with Crippen molar-refractivity contribution in [1.29, 1.82) is 0 Å². The van der Waals surface area contributed by atoms with Crippen molar-refractivity contribution in [3.05, 3.63) is 87.8 Å². The summed E-state index contributed by atoms with van der Waals surface area (Å²) in [6.07, 6.45) is 3.24. The molecular weight excluding hydrogens is 411 g/mol. The molecule has 1 N–H and O–H groups in total. The topological polar surface area (TPSA) is 62.6 Å². The van der Waals surface area contributed by atoms with Gasteiger partial charge in [-0.3, -0.25) is 9.59 Å². The molecule has 0 saturated carbocycles. The van der Waals surface area contributed by atoms with Crippen LogP contribution in [-0.2, 0) is 0 Å². The highest BCUT2D eigenvalue weighted by molar-refractivity contribution is 6.42. The number of hydrogen-bond acceptors (Lipinski definition) is 3. The first kappa shape index (κ1) is 19.6. The third-order valence-electron chi connectivity index (χ3n) is 4.98. The highest BCUT2D eigenvalue weighted by Gasteiger charge is 2.30. The molecule has 0 bridgehead atoms. The molecule has 1 unspecified atom stereocenters. The summed E-state index contributed by atoms with van der Waals surface area (Å²) in [6, 6.07) is 15.5. The van der Waals surface area contributed by atoms with Gasteiger partial charge in [-0.2, -0.15) is 0 Å². The van der Waals surface area contributed by atoms with E-state index < -0.39 is 0 Å². The van der Waals surface area contributed by atoms with E-state index in [1.165, 1.54) is 6.26 Å². The fraction of sp³-hybridized carbons (Fsp3) is 0.182. The van der Waals surface area contributed by atoms with Crippen molar-refractivity contribution in [1.82, 2.24) is 4.90 Å². The second kappa shape index (κ2) is 8.31. The monoisotopic (exact) mass is 428 g/mol. The van der Waals surface area contributed by atoms with Crippen LogP contribution in [0.25, 0.3) is 0 Å². The van der Waals surface area contributed by atoms with Gasteiger partial charge in [0, 0.05) is 17.8 Å². The molecule has 1 saturated heterocycles. The van der Waals surface area contributed by atoms with E-state index in [1.54, 1.807) is 42.5 Å². The van der Waals surface area contributed by atoms with Crippen LogP contribution in [0, 0.1) is 0 Å². The first-order chi connectivity index (χ1) is 14.0. The summed E-state index contributed by atoms with van der Waals surface area (Å²) < 4.78 is 5.08. The average Bonchev–Trinajstić information content (AvgIpc) is 3.42. The quantitative estimate of drug-likeness (QED) is 0.569. The van der Waals surface area contributed by atoms with Crippen molar-refractivity contribution in [2.75, 3.05) is 11.9 Å². The highest BCUT2D eigenvalue weighted by atomic mass is 35.5. The normalized spacial score (nSPS) is 16.1. The molecule has 0 radical (unpaired) electrons. The predicted octanol–water partition coefficient (Wildman–Crippen LogP) is 5.82. The largest absolute Gasteiger partial charge is 0.459 e. The summed E-state index contributed by atoms with van der Waals surface area (Å²) in [5, 5.41) is 3.73. The number of anilines is 1. The first-order valence-electron chi connectivity index (χ1n) is 9.24. The zero-order valence-corrected chi connectivity index (χ0v) is 16.9. The van der Waals surface area contributed by atoms with Gasteiger partial charge < -0.3 is 14.6 Å². The van der Waals surface area contributed by atoms with E-state index in [4.69, 9.17) is 27.6 Å². The van der Waals surface area contributed by atoms with Gasteiger partial charge in [0.15, 0.2) is 5.76 Å². The van der Waals surface area contributed by atoms with Crippen LogP contribution >= 0.6 is 23.2 Å².